The van der Waals surface area contributed by atoms with E-state index in [4.69, 9.17) is 5.11 Å². The molecule has 1 unspecified atom stereocenters. The molecule has 21 heavy (non-hydrogen) atoms. The summed E-state index contributed by atoms with van der Waals surface area (Å²) in [5.41, 5.74) is 0.885. The van der Waals surface area contributed by atoms with Gasteiger partial charge in [0.2, 0.25) is 5.91 Å². The number of nitrogens with one attached hydrogen (secondary N) is 1. The lowest BCUT2D eigenvalue weighted by Gasteiger charge is -2.34. The zero-order valence-corrected chi connectivity index (χ0v) is 12.4. The summed E-state index contributed by atoms with van der Waals surface area (Å²) in [6, 6.07) is 5.96. The van der Waals surface area contributed by atoms with E-state index < -0.39 is 0 Å². The molecule has 0 aliphatic carbocycles. The van der Waals surface area contributed by atoms with E-state index in [1.807, 2.05) is 6.92 Å². The predicted octanol–water partition coefficient (Wildman–Crippen LogP) is 1.53. The molecule has 2 rings (SSSR count). The van der Waals surface area contributed by atoms with Crippen molar-refractivity contribution in [3.8, 4) is 0 Å². The zero-order valence-electron chi connectivity index (χ0n) is 12.4. The van der Waals surface area contributed by atoms with Crippen LogP contribution in [0.25, 0.3) is 0 Å². The lowest BCUT2D eigenvalue weighted by molar-refractivity contribution is -0.126. The Balaban J connectivity index is 1.78. The van der Waals surface area contributed by atoms with Crippen molar-refractivity contribution in [1.82, 2.24) is 10.2 Å². The fourth-order valence-electron chi connectivity index (χ4n) is 2.63. The molecule has 0 bridgehead atoms. The maximum absolute atomic E-state index is 12.8. The number of aliphatic hydroxyl groups excluding tert-OH is 1. The first-order valence-corrected chi connectivity index (χ1v) is 7.47. The third kappa shape index (κ3) is 4.51. The highest BCUT2D eigenvalue weighted by Crippen LogP contribution is 2.18. The molecular formula is C16H23FN2O2. The molecule has 4 nitrogen and oxygen atoms in total. The van der Waals surface area contributed by atoms with Crippen LogP contribution in [0.3, 0.4) is 0 Å². The van der Waals surface area contributed by atoms with Gasteiger partial charge in [-0.15, -0.1) is 0 Å². The van der Waals surface area contributed by atoms with Gasteiger partial charge in [0, 0.05) is 13.2 Å². The van der Waals surface area contributed by atoms with Crippen molar-refractivity contribution in [3.63, 3.8) is 0 Å². The van der Waals surface area contributed by atoms with Crippen molar-refractivity contribution < 1.29 is 14.3 Å². The van der Waals surface area contributed by atoms with Gasteiger partial charge in [-0.3, -0.25) is 9.69 Å². The zero-order chi connectivity index (χ0) is 15.2. The molecule has 1 aliphatic heterocycles. The average Bonchev–Trinajstić information content (AvgIpc) is 2.53. The normalized spacial score (nSPS) is 18.4. The minimum atomic E-state index is -0.273. The van der Waals surface area contributed by atoms with Gasteiger partial charge in [-0.25, -0.2) is 4.39 Å². The number of hydrogen-bond acceptors (Lipinski definition) is 3. The number of aliphatic hydroxyl groups is 1. The summed E-state index contributed by atoms with van der Waals surface area (Å²) in [7, 11) is 0. The van der Waals surface area contributed by atoms with Crippen LogP contribution in [0, 0.1) is 11.7 Å². The molecule has 1 aromatic rings. The number of likely N-dealkylation sites (tertiary alicyclic amines) is 1. The summed E-state index contributed by atoms with van der Waals surface area (Å²) in [6.07, 6.45) is 1.87. The smallest absolute Gasteiger partial charge is 0.237 e. The van der Waals surface area contributed by atoms with E-state index in [9.17, 15) is 9.18 Å². The van der Waals surface area contributed by atoms with Gasteiger partial charge < -0.3 is 10.4 Å². The third-order valence-electron chi connectivity index (χ3n) is 4.21. The largest absolute Gasteiger partial charge is 0.396 e. The minimum absolute atomic E-state index is 0.0122. The third-order valence-corrected chi connectivity index (χ3v) is 4.21. The first-order chi connectivity index (χ1) is 10.1. The summed E-state index contributed by atoms with van der Waals surface area (Å²) in [4.78, 5) is 14.3. The van der Waals surface area contributed by atoms with Crippen LogP contribution < -0.4 is 5.32 Å². The number of nitrogens with zero attached hydrogens (tertiary/aromatic N) is 1. The van der Waals surface area contributed by atoms with Crippen molar-refractivity contribution in [2.45, 2.75) is 32.4 Å². The van der Waals surface area contributed by atoms with E-state index in [0.717, 1.165) is 31.5 Å². The Labute approximate surface area is 125 Å². The SMILES string of the molecule is CC(C(=O)NCc1ccc(F)cc1)N1CCC(CO)CC1. The fraction of sp³-hybridized carbons (Fsp3) is 0.562. The summed E-state index contributed by atoms with van der Waals surface area (Å²) in [6.45, 7) is 4.24. The number of amides is 1. The molecule has 0 aromatic heterocycles. The number of carbonyl (C=O) groups excluding carboxylic acids is 1. The second-order valence-electron chi connectivity index (χ2n) is 5.68. The molecule has 0 spiro atoms. The number of benzene rings is 1. The van der Waals surface area contributed by atoms with Crippen molar-refractivity contribution in [3.05, 3.63) is 35.6 Å². The van der Waals surface area contributed by atoms with Crippen LogP contribution >= 0.6 is 0 Å². The second-order valence-corrected chi connectivity index (χ2v) is 5.68. The van der Waals surface area contributed by atoms with Crippen molar-refractivity contribution in [2.75, 3.05) is 19.7 Å². The summed E-state index contributed by atoms with van der Waals surface area (Å²) in [5.74, 6) is 0.0858. The highest BCUT2D eigenvalue weighted by atomic mass is 19.1. The van der Waals surface area contributed by atoms with Gasteiger partial charge in [0.05, 0.1) is 6.04 Å². The quantitative estimate of drug-likeness (QED) is 0.866. The number of rotatable bonds is 5. The first kappa shape index (κ1) is 15.9. The average molecular weight is 294 g/mol. The Morgan fingerprint density at radius 3 is 2.57 bits per heavy atom. The molecule has 0 radical (unpaired) electrons. The summed E-state index contributed by atoms with van der Waals surface area (Å²) in [5, 5.41) is 12.0. The van der Waals surface area contributed by atoms with E-state index in [0.29, 0.717) is 12.5 Å². The number of halogens is 1. The van der Waals surface area contributed by atoms with Crippen LogP contribution in [0.4, 0.5) is 4.39 Å². The fourth-order valence-corrected chi connectivity index (χ4v) is 2.63. The van der Waals surface area contributed by atoms with E-state index >= 15 is 0 Å². The van der Waals surface area contributed by atoms with E-state index in [1.54, 1.807) is 12.1 Å². The van der Waals surface area contributed by atoms with E-state index in [2.05, 4.69) is 10.2 Å². The van der Waals surface area contributed by atoms with Gasteiger partial charge in [0.15, 0.2) is 0 Å². The minimum Gasteiger partial charge on any atom is -0.396 e. The van der Waals surface area contributed by atoms with Crippen LogP contribution in [0.5, 0.6) is 0 Å². The van der Waals surface area contributed by atoms with E-state index in [-0.39, 0.29) is 24.4 Å². The Hall–Kier alpha value is -1.46. The van der Waals surface area contributed by atoms with Gasteiger partial charge >= 0.3 is 0 Å². The molecule has 116 valence electrons. The first-order valence-electron chi connectivity index (χ1n) is 7.47. The topological polar surface area (TPSA) is 52.6 Å². The van der Waals surface area contributed by atoms with Crippen LogP contribution in [0.2, 0.25) is 0 Å². The summed E-state index contributed by atoms with van der Waals surface area (Å²) >= 11 is 0. The number of carbonyl (C=O) groups is 1. The Kier molecular flexibility index (Phi) is 5.70. The molecule has 1 fully saturated rings. The van der Waals surface area contributed by atoms with Gasteiger partial charge in [-0.05, 0) is 56.5 Å². The van der Waals surface area contributed by atoms with Crippen LogP contribution in [0.15, 0.2) is 24.3 Å². The lowest BCUT2D eigenvalue weighted by atomic mass is 9.97. The Bertz CT molecular complexity index is 456. The molecule has 1 atom stereocenters. The molecule has 5 heteroatoms. The summed E-state index contributed by atoms with van der Waals surface area (Å²) < 4.78 is 12.8. The van der Waals surface area contributed by atoms with Crippen LogP contribution in [-0.4, -0.2) is 41.7 Å². The lowest BCUT2D eigenvalue weighted by Crippen LogP contribution is -2.48. The van der Waals surface area contributed by atoms with Crippen molar-refractivity contribution in [1.29, 1.82) is 0 Å². The monoisotopic (exact) mass is 294 g/mol. The highest BCUT2D eigenvalue weighted by molar-refractivity contribution is 5.81. The van der Waals surface area contributed by atoms with Crippen molar-refractivity contribution >= 4 is 5.91 Å². The molecular weight excluding hydrogens is 271 g/mol. The standard InChI is InChI=1S/C16H23FN2O2/c1-12(19-8-6-14(11-20)7-9-19)16(21)18-10-13-2-4-15(17)5-3-13/h2-5,12,14,20H,6-11H2,1H3,(H,18,21). The molecule has 1 saturated heterocycles. The number of hydrogen-bond donors (Lipinski definition) is 2. The second kappa shape index (κ2) is 7.52. The molecule has 1 amide bonds. The molecule has 1 heterocycles. The van der Waals surface area contributed by atoms with Crippen molar-refractivity contribution in [2.24, 2.45) is 5.92 Å². The van der Waals surface area contributed by atoms with Gasteiger partial charge in [0.1, 0.15) is 5.82 Å². The molecule has 0 saturated carbocycles. The van der Waals surface area contributed by atoms with Gasteiger partial charge in [-0.1, -0.05) is 12.1 Å². The van der Waals surface area contributed by atoms with Crippen LogP contribution in [0.1, 0.15) is 25.3 Å². The molecule has 1 aliphatic rings. The maximum atomic E-state index is 12.8. The number of piperidine rings is 1. The van der Waals surface area contributed by atoms with Gasteiger partial charge in [-0.2, -0.15) is 0 Å². The Morgan fingerprint density at radius 1 is 1.38 bits per heavy atom. The maximum Gasteiger partial charge on any atom is 0.237 e. The van der Waals surface area contributed by atoms with Gasteiger partial charge in [0.25, 0.3) is 0 Å². The molecule has 1 aromatic carbocycles. The highest BCUT2D eigenvalue weighted by Gasteiger charge is 2.25. The van der Waals surface area contributed by atoms with E-state index in [1.165, 1.54) is 12.1 Å². The predicted molar refractivity (Wildman–Crippen MR) is 79.1 cm³/mol. The molecule has 2 N–H and O–H groups in total. The van der Waals surface area contributed by atoms with Crippen LogP contribution in [-0.2, 0) is 11.3 Å². The Morgan fingerprint density at radius 2 is 2.00 bits per heavy atom.